The Kier molecular flexibility index (Phi) is 3.58. The maximum Gasteiger partial charge on any atom is 0.489 e. The van der Waals surface area contributed by atoms with Crippen molar-refractivity contribution in [3.05, 3.63) is 21.8 Å². The molecule has 0 saturated heterocycles. The number of hydrogen-bond acceptors (Lipinski definition) is 3. The summed E-state index contributed by atoms with van der Waals surface area (Å²) < 4.78 is 0.859. The van der Waals surface area contributed by atoms with E-state index < -0.39 is 7.12 Å². The molecular weight excluding hydrogens is 280 g/mol. The molecule has 2 N–H and O–H groups in total. The summed E-state index contributed by atoms with van der Waals surface area (Å²) in [7, 11) is 2.43. The molecule has 0 radical (unpaired) electrons. The van der Waals surface area contributed by atoms with Gasteiger partial charge in [0.2, 0.25) is 0 Å². The smallest absolute Gasteiger partial charge is 0.423 e. The Morgan fingerprint density at radius 2 is 1.92 bits per heavy atom. The molecule has 0 saturated carbocycles. The summed E-state index contributed by atoms with van der Waals surface area (Å²) in [6.07, 6.45) is 0. The predicted molar refractivity (Wildman–Crippen MR) is 63.3 cm³/mol. The van der Waals surface area contributed by atoms with Crippen molar-refractivity contribution in [1.29, 1.82) is 0 Å². The molecule has 0 aliphatic carbocycles. The highest BCUT2D eigenvalue weighted by Gasteiger charge is 2.15. The molecule has 3 nitrogen and oxygen atoms in total. The predicted octanol–water partition coefficient (Wildman–Crippen LogP) is 0.0370. The molecule has 70 valence electrons. The summed E-state index contributed by atoms with van der Waals surface area (Å²) in [4.78, 5) is 1.92. The fraction of sp³-hybridized carbons (Fsp3) is 0.250. The Balaban J connectivity index is 3.11. The Morgan fingerprint density at radius 3 is 2.38 bits per heavy atom. The van der Waals surface area contributed by atoms with Crippen LogP contribution in [0.4, 0.5) is 5.69 Å². The molecule has 0 aliphatic rings. The SMILES string of the molecule is CN(C)c1ccc(I)c(B(O)O)c1. The van der Waals surface area contributed by atoms with E-state index in [0.29, 0.717) is 5.46 Å². The highest BCUT2D eigenvalue weighted by Crippen LogP contribution is 2.12. The summed E-state index contributed by atoms with van der Waals surface area (Å²) in [5, 5.41) is 18.1. The largest absolute Gasteiger partial charge is 0.489 e. The minimum Gasteiger partial charge on any atom is -0.423 e. The zero-order valence-corrected chi connectivity index (χ0v) is 9.69. The van der Waals surface area contributed by atoms with Crippen molar-refractivity contribution in [2.45, 2.75) is 0 Å². The molecule has 0 spiro atoms. The second-order valence-electron chi connectivity index (χ2n) is 2.97. The lowest BCUT2D eigenvalue weighted by Crippen LogP contribution is -2.32. The topological polar surface area (TPSA) is 43.7 Å². The fourth-order valence-electron chi connectivity index (χ4n) is 1.01. The Bertz CT molecular complexity index is 304. The number of halogens is 1. The first-order valence-corrected chi connectivity index (χ1v) is 4.93. The van der Waals surface area contributed by atoms with Crippen LogP contribution in [0.3, 0.4) is 0 Å². The van der Waals surface area contributed by atoms with Gasteiger partial charge >= 0.3 is 7.12 Å². The third-order valence-corrected chi connectivity index (χ3v) is 2.76. The van der Waals surface area contributed by atoms with Crippen LogP contribution < -0.4 is 10.4 Å². The number of hydrogen-bond donors (Lipinski definition) is 2. The lowest BCUT2D eigenvalue weighted by molar-refractivity contribution is 0.425. The van der Waals surface area contributed by atoms with E-state index in [9.17, 15) is 0 Å². The van der Waals surface area contributed by atoms with Gasteiger partial charge in [-0.2, -0.15) is 0 Å². The average molecular weight is 291 g/mol. The van der Waals surface area contributed by atoms with Crippen molar-refractivity contribution in [2.75, 3.05) is 19.0 Å². The first-order valence-electron chi connectivity index (χ1n) is 3.85. The van der Waals surface area contributed by atoms with Crippen LogP contribution in [0.25, 0.3) is 0 Å². The van der Waals surface area contributed by atoms with Gasteiger partial charge in [0.1, 0.15) is 0 Å². The van der Waals surface area contributed by atoms with Crippen LogP contribution in [0.5, 0.6) is 0 Å². The Labute approximate surface area is 91.7 Å². The molecule has 13 heavy (non-hydrogen) atoms. The Hall–Kier alpha value is -0.265. The van der Waals surface area contributed by atoms with Gasteiger partial charge in [-0.15, -0.1) is 0 Å². The van der Waals surface area contributed by atoms with E-state index in [1.54, 1.807) is 6.07 Å². The van der Waals surface area contributed by atoms with E-state index in [4.69, 9.17) is 10.0 Å². The fourth-order valence-corrected chi connectivity index (χ4v) is 1.62. The summed E-state index contributed by atoms with van der Waals surface area (Å²) in [5.74, 6) is 0. The molecular formula is C8H11BINO2. The van der Waals surface area contributed by atoms with Crippen molar-refractivity contribution in [1.82, 2.24) is 0 Å². The number of benzene rings is 1. The molecule has 0 aromatic heterocycles. The third-order valence-electron chi connectivity index (χ3n) is 1.77. The van der Waals surface area contributed by atoms with Crippen LogP contribution in [-0.4, -0.2) is 31.3 Å². The zero-order chi connectivity index (χ0) is 10.0. The summed E-state index contributed by atoms with van der Waals surface area (Å²) in [6.45, 7) is 0. The molecule has 0 atom stereocenters. The maximum absolute atomic E-state index is 9.04. The minimum absolute atomic E-state index is 0.548. The van der Waals surface area contributed by atoms with Crippen LogP contribution in [0.2, 0.25) is 0 Å². The van der Waals surface area contributed by atoms with Gasteiger partial charge in [-0.1, -0.05) is 0 Å². The molecule has 0 amide bonds. The summed E-state index contributed by atoms with van der Waals surface area (Å²) >= 11 is 2.08. The molecule has 0 aliphatic heterocycles. The molecule has 0 fully saturated rings. The van der Waals surface area contributed by atoms with Crippen molar-refractivity contribution in [3.63, 3.8) is 0 Å². The number of rotatable bonds is 2. The van der Waals surface area contributed by atoms with Crippen LogP contribution in [0.15, 0.2) is 18.2 Å². The van der Waals surface area contributed by atoms with E-state index in [2.05, 4.69) is 22.6 Å². The molecule has 1 aromatic carbocycles. The van der Waals surface area contributed by atoms with Crippen LogP contribution >= 0.6 is 22.6 Å². The van der Waals surface area contributed by atoms with Crippen molar-refractivity contribution in [2.24, 2.45) is 0 Å². The summed E-state index contributed by atoms with van der Waals surface area (Å²) in [5.41, 5.74) is 1.51. The van der Waals surface area contributed by atoms with Crippen molar-refractivity contribution < 1.29 is 10.0 Å². The number of anilines is 1. The average Bonchev–Trinajstić information content (AvgIpc) is 2.04. The standard InChI is InChI=1S/C8H11BINO2/c1-11(2)6-3-4-8(10)7(5-6)9(12)13/h3-5,12-13H,1-2H3. The molecule has 0 unspecified atom stereocenters. The van der Waals surface area contributed by atoms with Gasteiger partial charge in [0, 0.05) is 23.4 Å². The zero-order valence-electron chi connectivity index (χ0n) is 7.53. The lowest BCUT2D eigenvalue weighted by atomic mass is 9.80. The van der Waals surface area contributed by atoms with Gasteiger partial charge in [0.15, 0.2) is 0 Å². The second-order valence-corrected chi connectivity index (χ2v) is 4.14. The van der Waals surface area contributed by atoms with Gasteiger partial charge in [0.05, 0.1) is 0 Å². The number of nitrogens with zero attached hydrogens (tertiary/aromatic N) is 1. The van der Waals surface area contributed by atoms with E-state index in [1.807, 2.05) is 31.1 Å². The van der Waals surface area contributed by atoms with E-state index >= 15 is 0 Å². The second kappa shape index (κ2) is 4.30. The summed E-state index contributed by atoms with van der Waals surface area (Å²) in [6, 6.07) is 5.57. The van der Waals surface area contributed by atoms with Gasteiger partial charge in [-0.3, -0.25) is 0 Å². The minimum atomic E-state index is -1.40. The van der Waals surface area contributed by atoms with Gasteiger partial charge < -0.3 is 14.9 Å². The van der Waals surface area contributed by atoms with Crippen molar-refractivity contribution in [3.8, 4) is 0 Å². The van der Waals surface area contributed by atoms with E-state index in [0.717, 1.165) is 9.26 Å². The third kappa shape index (κ3) is 2.59. The monoisotopic (exact) mass is 291 g/mol. The molecule has 0 heterocycles. The van der Waals surface area contributed by atoms with E-state index in [-0.39, 0.29) is 0 Å². The maximum atomic E-state index is 9.04. The first kappa shape index (κ1) is 10.8. The first-order chi connectivity index (χ1) is 6.02. The van der Waals surface area contributed by atoms with Gasteiger partial charge in [-0.05, 0) is 46.3 Å². The molecule has 0 bridgehead atoms. The highest BCUT2D eigenvalue weighted by atomic mass is 127. The van der Waals surface area contributed by atoms with Crippen LogP contribution in [0, 0.1) is 3.57 Å². The van der Waals surface area contributed by atoms with E-state index in [1.165, 1.54) is 0 Å². The molecule has 5 heteroatoms. The van der Waals surface area contributed by atoms with Gasteiger partial charge in [-0.25, -0.2) is 0 Å². The van der Waals surface area contributed by atoms with Gasteiger partial charge in [0.25, 0.3) is 0 Å². The van der Waals surface area contributed by atoms with Crippen molar-refractivity contribution >= 4 is 40.9 Å². The lowest BCUT2D eigenvalue weighted by Gasteiger charge is -2.14. The highest BCUT2D eigenvalue weighted by molar-refractivity contribution is 14.1. The van der Waals surface area contributed by atoms with Crippen LogP contribution in [-0.2, 0) is 0 Å². The Morgan fingerprint density at radius 1 is 1.31 bits per heavy atom. The van der Waals surface area contributed by atoms with Crippen LogP contribution in [0.1, 0.15) is 0 Å². The quantitative estimate of drug-likeness (QED) is 0.597. The molecule has 1 rings (SSSR count). The normalized spacial score (nSPS) is 9.92. The molecule has 1 aromatic rings.